The van der Waals surface area contributed by atoms with Crippen LogP contribution in [0.25, 0.3) is 10.8 Å². The molecule has 2 aromatic rings. The fraction of sp³-hybridized carbons (Fsp3) is 0.471. The Balaban J connectivity index is 2.30. The van der Waals surface area contributed by atoms with Crippen LogP contribution in [0.2, 0.25) is 0 Å². The monoisotopic (exact) mass is 316 g/mol. The summed E-state index contributed by atoms with van der Waals surface area (Å²) in [4.78, 5) is 26.3. The molecule has 0 bridgehead atoms. The average Bonchev–Trinajstić information content (AvgIpc) is 2.52. The van der Waals surface area contributed by atoms with Crippen molar-refractivity contribution in [3.8, 4) is 0 Å². The van der Waals surface area contributed by atoms with Crippen molar-refractivity contribution in [2.45, 2.75) is 20.3 Å². The van der Waals surface area contributed by atoms with Crippen molar-refractivity contribution in [3.05, 3.63) is 40.3 Å². The van der Waals surface area contributed by atoms with Gasteiger partial charge in [-0.25, -0.2) is 4.68 Å². The lowest BCUT2D eigenvalue weighted by Crippen LogP contribution is -2.40. The molecular formula is C17H24N4O2. The largest absolute Gasteiger partial charge is 0.345 e. The van der Waals surface area contributed by atoms with Crippen molar-refractivity contribution in [2.24, 2.45) is 18.2 Å². The second-order valence-corrected chi connectivity index (χ2v) is 6.72. The van der Waals surface area contributed by atoms with Crippen LogP contribution in [-0.4, -0.2) is 40.7 Å². The summed E-state index contributed by atoms with van der Waals surface area (Å²) in [5.74, 6) is -0.0390. The molecule has 0 spiro atoms. The predicted octanol–water partition coefficient (Wildman–Crippen LogP) is 0.919. The first kappa shape index (κ1) is 17.1. The Morgan fingerprint density at radius 2 is 1.91 bits per heavy atom. The predicted molar refractivity (Wildman–Crippen MR) is 91.2 cm³/mol. The van der Waals surface area contributed by atoms with E-state index in [0.717, 1.165) is 5.39 Å². The number of amides is 1. The van der Waals surface area contributed by atoms with E-state index in [2.05, 4.69) is 5.10 Å². The van der Waals surface area contributed by atoms with E-state index < -0.39 is 0 Å². The zero-order valence-corrected chi connectivity index (χ0v) is 14.2. The smallest absolute Gasteiger partial charge is 0.274 e. The quantitative estimate of drug-likeness (QED) is 0.889. The fourth-order valence-electron chi connectivity index (χ4n) is 2.58. The van der Waals surface area contributed by atoms with Crippen molar-refractivity contribution < 1.29 is 4.79 Å². The van der Waals surface area contributed by atoms with Gasteiger partial charge in [0.15, 0.2) is 0 Å². The van der Waals surface area contributed by atoms with Gasteiger partial charge in [0.25, 0.3) is 5.56 Å². The Bertz CT molecular complexity index is 780. The number of aryl methyl sites for hydroxylation is 1. The first-order chi connectivity index (χ1) is 10.7. The number of nitrogens with two attached hydrogens (primary N) is 1. The molecule has 0 saturated heterocycles. The summed E-state index contributed by atoms with van der Waals surface area (Å²) in [6, 6.07) is 7.24. The van der Waals surface area contributed by atoms with Gasteiger partial charge in [-0.1, -0.05) is 32.0 Å². The van der Waals surface area contributed by atoms with Crippen LogP contribution in [0, 0.1) is 5.41 Å². The number of likely N-dealkylation sites (N-methyl/N-ethyl adjacent to an activating group) is 1. The maximum atomic E-state index is 12.5. The molecule has 0 aliphatic carbocycles. The SMILES string of the molecule is CN(CC(C)(C)CN)C(=O)Cc1nn(C)c(=O)c2ccccc12. The molecule has 0 saturated carbocycles. The van der Waals surface area contributed by atoms with Crippen molar-refractivity contribution in [1.82, 2.24) is 14.7 Å². The fourth-order valence-corrected chi connectivity index (χ4v) is 2.58. The van der Waals surface area contributed by atoms with Crippen LogP contribution in [0.1, 0.15) is 19.5 Å². The number of carbonyl (C=O) groups is 1. The molecule has 0 aliphatic rings. The molecule has 0 radical (unpaired) electrons. The van der Waals surface area contributed by atoms with Crippen LogP contribution in [-0.2, 0) is 18.3 Å². The van der Waals surface area contributed by atoms with Gasteiger partial charge in [0, 0.05) is 26.0 Å². The number of hydrogen-bond acceptors (Lipinski definition) is 4. The van der Waals surface area contributed by atoms with E-state index in [1.54, 1.807) is 25.1 Å². The summed E-state index contributed by atoms with van der Waals surface area (Å²) in [5.41, 5.74) is 6.05. The normalized spacial score (nSPS) is 11.7. The molecule has 1 aromatic carbocycles. The van der Waals surface area contributed by atoms with E-state index in [9.17, 15) is 9.59 Å². The molecule has 0 fully saturated rings. The number of carbonyl (C=O) groups excluding carboxylic acids is 1. The molecule has 0 atom stereocenters. The Labute approximate surface area is 135 Å². The Hall–Kier alpha value is -2.21. The number of fused-ring (bicyclic) bond motifs is 1. The molecule has 6 nitrogen and oxygen atoms in total. The van der Waals surface area contributed by atoms with Crippen LogP contribution >= 0.6 is 0 Å². The topological polar surface area (TPSA) is 81.2 Å². The molecule has 0 aliphatic heterocycles. The highest BCUT2D eigenvalue weighted by Gasteiger charge is 2.22. The summed E-state index contributed by atoms with van der Waals surface area (Å²) >= 11 is 0. The molecule has 23 heavy (non-hydrogen) atoms. The second-order valence-electron chi connectivity index (χ2n) is 6.72. The van der Waals surface area contributed by atoms with Gasteiger partial charge in [-0.3, -0.25) is 9.59 Å². The summed E-state index contributed by atoms with van der Waals surface area (Å²) in [6.07, 6.45) is 0.159. The third-order valence-corrected chi connectivity index (χ3v) is 4.00. The van der Waals surface area contributed by atoms with E-state index in [0.29, 0.717) is 24.2 Å². The summed E-state index contributed by atoms with van der Waals surface area (Å²) in [6.45, 7) is 5.13. The molecule has 2 rings (SSSR count). The second kappa shape index (κ2) is 6.50. The number of nitrogens with zero attached hydrogens (tertiary/aromatic N) is 3. The Kier molecular flexibility index (Phi) is 4.85. The highest BCUT2D eigenvalue weighted by Crippen LogP contribution is 2.17. The third kappa shape index (κ3) is 3.76. The highest BCUT2D eigenvalue weighted by molar-refractivity contribution is 5.88. The summed E-state index contributed by atoms with van der Waals surface area (Å²) in [7, 11) is 3.37. The molecule has 0 unspecified atom stereocenters. The third-order valence-electron chi connectivity index (χ3n) is 4.00. The molecule has 1 amide bonds. The Morgan fingerprint density at radius 3 is 2.52 bits per heavy atom. The van der Waals surface area contributed by atoms with Gasteiger partial charge >= 0.3 is 0 Å². The number of hydrogen-bond donors (Lipinski definition) is 1. The minimum absolute atomic E-state index is 0.0390. The van der Waals surface area contributed by atoms with Gasteiger partial charge in [-0.05, 0) is 18.0 Å². The standard InChI is InChI=1S/C17H24N4O2/c1-17(2,10-18)11-20(3)15(22)9-14-12-7-5-6-8-13(12)16(23)21(4)19-14/h5-8H,9-11,18H2,1-4H3. The summed E-state index contributed by atoms with van der Waals surface area (Å²) < 4.78 is 1.29. The molecule has 1 aromatic heterocycles. The molecule has 2 N–H and O–H groups in total. The van der Waals surface area contributed by atoms with Gasteiger partial charge < -0.3 is 10.6 Å². The van der Waals surface area contributed by atoms with Crippen LogP contribution in [0.15, 0.2) is 29.1 Å². The van der Waals surface area contributed by atoms with Crippen molar-refractivity contribution in [2.75, 3.05) is 20.1 Å². The van der Waals surface area contributed by atoms with E-state index >= 15 is 0 Å². The van der Waals surface area contributed by atoms with Crippen LogP contribution in [0.5, 0.6) is 0 Å². The minimum Gasteiger partial charge on any atom is -0.345 e. The van der Waals surface area contributed by atoms with Gasteiger partial charge in [0.2, 0.25) is 5.91 Å². The molecular weight excluding hydrogens is 292 g/mol. The lowest BCUT2D eigenvalue weighted by atomic mass is 9.93. The van der Waals surface area contributed by atoms with Crippen LogP contribution in [0.4, 0.5) is 0 Å². The first-order valence-corrected chi connectivity index (χ1v) is 7.64. The van der Waals surface area contributed by atoms with Crippen LogP contribution < -0.4 is 11.3 Å². The lowest BCUT2D eigenvalue weighted by molar-refractivity contribution is -0.130. The van der Waals surface area contributed by atoms with E-state index in [4.69, 9.17) is 5.73 Å². The maximum Gasteiger partial charge on any atom is 0.274 e. The number of rotatable bonds is 5. The van der Waals surface area contributed by atoms with Gasteiger partial charge in [-0.2, -0.15) is 5.10 Å². The molecule has 6 heteroatoms. The molecule has 1 heterocycles. The molecule has 124 valence electrons. The lowest BCUT2D eigenvalue weighted by Gasteiger charge is -2.29. The van der Waals surface area contributed by atoms with E-state index in [1.165, 1.54) is 4.68 Å². The van der Waals surface area contributed by atoms with Crippen LogP contribution in [0.3, 0.4) is 0 Å². The first-order valence-electron chi connectivity index (χ1n) is 7.64. The summed E-state index contributed by atoms with van der Waals surface area (Å²) in [5, 5.41) is 5.58. The zero-order valence-electron chi connectivity index (χ0n) is 14.2. The average molecular weight is 316 g/mol. The maximum absolute atomic E-state index is 12.5. The van der Waals surface area contributed by atoms with Crippen molar-refractivity contribution in [3.63, 3.8) is 0 Å². The Morgan fingerprint density at radius 1 is 1.30 bits per heavy atom. The van der Waals surface area contributed by atoms with E-state index in [1.807, 2.05) is 32.0 Å². The van der Waals surface area contributed by atoms with Crippen molar-refractivity contribution >= 4 is 16.7 Å². The highest BCUT2D eigenvalue weighted by atomic mass is 16.2. The minimum atomic E-state index is -0.158. The van der Waals surface area contributed by atoms with Gasteiger partial charge in [0.05, 0.1) is 17.5 Å². The zero-order chi connectivity index (χ0) is 17.2. The van der Waals surface area contributed by atoms with E-state index in [-0.39, 0.29) is 23.3 Å². The van der Waals surface area contributed by atoms with Gasteiger partial charge in [0.1, 0.15) is 0 Å². The van der Waals surface area contributed by atoms with Gasteiger partial charge in [-0.15, -0.1) is 0 Å². The number of benzene rings is 1. The van der Waals surface area contributed by atoms with Crippen molar-refractivity contribution in [1.29, 1.82) is 0 Å². The number of aromatic nitrogens is 2.